The van der Waals surface area contributed by atoms with E-state index in [4.69, 9.17) is 18.6 Å². The molecule has 1 aromatic carbocycles. The van der Waals surface area contributed by atoms with Crippen LogP contribution in [0.25, 0.3) is 0 Å². The molecule has 0 saturated heterocycles. The van der Waals surface area contributed by atoms with Crippen LogP contribution >= 0.6 is 0 Å². The van der Waals surface area contributed by atoms with E-state index in [0.29, 0.717) is 17.2 Å². The Labute approximate surface area is 144 Å². The molecule has 1 aliphatic rings. The first kappa shape index (κ1) is 17.1. The summed E-state index contributed by atoms with van der Waals surface area (Å²) in [5.74, 6) is 1.85. The fourth-order valence-corrected chi connectivity index (χ4v) is 2.26. The highest BCUT2D eigenvalue weighted by Gasteiger charge is 2.19. The highest BCUT2D eigenvalue weighted by Crippen LogP contribution is 2.35. The number of aliphatic hydroxyl groups is 1. The lowest BCUT2D eigenvalue weighted by atomic mass is 10.1. The van der Waals surface area contributed by atoms with Crippen molar-refractivity contribution >= 4 is 5.91 Å². The first-order chi connectivity index (χ1) is 12.1. The predicted molar refractivity (Wildman–Crippen MR) is 86.6 cm³/mol. The van der Waals surface area contributed by atoms with E-state index in [-0.39, 0.29) is 43.6 Å². The number of hydrogen-bond acceptors (Lipinski definition) is 7. The predicted octanol–water partition coefficient (Wildman–Crippen LogP) is 1.73. The number of hydrogen-bond donors (Lipinski definition) is 2. The van der Waals surface area contributed by atoms with E-state index in [2.05, 4.69) is 10.3 Å². The van der Waals surface area contributed by atoms with Crippen LogP contribution in [0.2, 0.25) is 0 Å². The van der Waals surface area contributed by atoms with E-state index in [0.717, 1.165) is 0 Å². The average molecular weight is 348 g/mol. The molecule has 8 heteroatoms. The number of benzene rings is 1. The number of carbonyl (C=O) groups is 1. The smallest absolute Gasteiger partial charge is 0.273 e. The summed E-state index contributed by atoms with van der Waals surface area (Å²) < 4.78 is 21.4. The summed E-state index contributed by atoms with van der Waals surface area (Å²) >= 11 is 0. The van der Waals surface area contributed by atoms with E-state index >= 15 is 0 Å². The Morgan fingerprint density at radius 1 is 1.36 bits per heavy atom. The van der Waals surface area contributed by atoms with Gasteiger partial charge in [-0.05, 0) is 18.1 Å². The fourth-order valence-electron chi connectivity index (χ4n) is 2.26. The van der Waals surface area contributed by atoms with Crippen molar-refractivity contribution in [2.75, 3.05) is 13.4 Å². The molecule has 2 N–H and O–H groups in total. The molecule has 8 nitrogen and oxygen atoms in total. The summed E-state index contributed by atoms with van der Waals surface area (Å²) in [7, 11) is 0. The topological polar surface area (TPSA) is 103 Å². The molecule has 1 amide bonds. The van der Waals surface area contributed by atoms with Crippen LogP contribution in [-0.2, 0) is 6.61 Å². The Morgan fingerprint density at radius 2 is 2.16 bits per heavy atom. The normalized spacial score (nSPS) is 13.8. The second-order valence-corrected chi connectivity index (χ2v) is 5.94. The third-order valence-electron chi connectivity index (χ3n) is 3.81. The zero-order valence-electron chi connectivity index (χ0n) is 14.0. The van der Waals surface area contributed by atoms with Crippen LogP contribution in [0.5, 0.6) is 17.2 Å². The van der Waals surface area contributed by atoms with Crippen molar-refractivity contribution < 1.29 is 28.5 Å². The molecule has 2 heterocycles. The lowest BCUT2D eigenvalue weighted by molar-refractivity contribution is 0.0891. The molecule has 0 radical (unpaired) electrons. The van der Waals surface area contributed by atoms with Gasteiger partial charge in [0.2, 0.25) is 12.7 Å². The number of fused-ring (bicyclic) bond motifs is 1. The number of aliphatic hydroxyl groups excluding tert-OH is 1. The molecule has 0 bridgehead atoms. The Balaban J connectivity index is 1.57. The SMILES string of the molecule is CC(C)C(CO)NC(=O)c1coc(COc2ccc3c(c2)OCO3)n1. The summed E-state index contributed by atoms with van der Waals surface area (Å²) in [6.07, 6.45) is 1.27. The Morgan fingerprint density at radius 3 is 2.92 bits per heavy atom. The van der Waals surface area contributed by atoms with Crippen LogP contribution in [-0.4, -0.2) is 35.4 Å². The molecule has 134 valence electrons. The maximum atomic E-state index is 12.1. The minimum Gasteiger partial charge on any atom is -0.484 e. The standard InChI is InChI=1S/C17H20N2O6/c1-10(2)12(6-20)19-17(21)13-7-23-16(18-13)8-22-11-3-4-14-15(5-11)25-9-24-14/h3-5,7,10,12,20H,6,8-9H2,1-2H3,(H,19,21). The molecule has 2 aromatic rings. The summed E-state index contributed by atoms with van der Waals surface area (Å²) in [5.41, 5.74) is 0.142. The number of rotatable bonds is 7. The number of aromatic nitrogens is 1. The van der Waals surface area contributed by atoms with E-state index in [1.165, 1.54) is 6.26 Å². The third kappa shape index (κ3) is 4.03. The quantitative estimate of drug-likeness (QED) is 0.785. The molecule has 1 aromatic heterocycles. The molecule has 0 spiro atoms. The van der Waals surface area contributed by atoms with Crippen LogP contribution < -0.4 is 19.5 Å². The maximum Gasteiger partial charge on any atom is 0.273 e. The molecule has 0 fully saturated rings. The minimum absolute atomic E-state index is 0.0700. The van der Waals surface area contributed by atoms with Crippen LogP contribution in [0.4, 0.5) is 0 Å². The zero-order chi connectivity index (χ0) is 17.8. The van der Waals surface area contributed by atoms with Crippen molar-refractivity contribution in [2.45, 2.75) is 26.5 Å². The van der Waals surface area contributed by atoms with Gasteiger partial charge >= 0.3 is 0 Å². The number of amides is 1. The fraction of sp³-hybridized carbons (Fsp3) is 0.412. The average Bonchev–Trinajstić information content (AvgIpc) is 3.25. The van der Waals surface area contributed by atoms with Crippen molar-refractivity contribution in [2.24, 2.45) is 5.92 Å². The van der Waals surface area contributed by atoms with Crippen LogP contribution in [0, 0.1) is 5.92 Å². The highest BCUT2D eigenvalue weighted by molar-refractivity contribution is 5.92. The summed E-state index contributed by atoms with van der Waals surface area (Å²) in [6.45, 7) is 3.95. The van der Waals surface area contributed by atoms with Crippen molar-refractivity contribution in [3.8, 4) is 17.2 Å². The minimum atomic E-state index is -0.397. The number of nitrogens with zero attached hydrogens (tertiary/aromatic N) is 1. The number of carbonyl (C=O) groups excluding carboxylic acids is 1. The number of nitrogens with one attached hydrogen (secondary N) is 1. The molecule has 1 unspecified atom stereocenters. The van der Waals surface area contributed by atoms with Gasteiger partial charge in [0.05, 0.1) is 12.6 Å². The highest BCUT2D eigenvalue weighted by atomic mass is 16.7. The Hall–Kier alpha value is -2.74. The molecular formula is C17H20N2O6. The number of oxazole rings is 1. The van der Waals surface area contributed by atoms with Gasteiger partial charge in [-0.2, -0.15) is 0 Å². The lowest BCUT2D eigenvalue weighted by Crippen LogP contribution is -2.41. The van der Waals surface area contributed by atoms with E-state index in [1.807, 2.05) is 13.8 Å². The molecule has 25 heavy (non-hydrogen) atoms. The van der Waals surface area contributed by atoms with Crippen molar-refractivity contribution in [3.05, 3.63) is 36.0 Å². The van der Waals surface area contributed by atoms with Gasteiger partial charge in [0, 0.05) is 6.07 Å². The summed E-state index contributed by atoms with van der Waals surface area (Å²) in [6, 6.07) is 4.89. The van der Waals surface area contributed by atoms with E-state index in [1.54, 1.807) is 18.2 Å². The van der Waals surface area contributed by atoms with Gasteiger partial charge in [0.25, 0.3) is 5.91 Å². The maximum absolute atomic E-state index is 12.1. The molecule has 3 rings (SSSR count). The second-order valence-electron chi connectivity index (χ2n) is 5.94. The Bertz CT molecular complexity index is 742. The van der Waals surface area contributed by atoms with Gasteiger partial charge in [-0.1, -0.05) is 13.8 Å². The van der Waals surface area contributed by atoms with Crippen LogP contribution in [0.15, 0.2) is 28.9 Å². The lowest BCUT2D eigenvalue weighted by Gasteiger charge is -2.18. The van der Waals surface area contributed by atoms with Gasteiger partial charge in [-0.15, -0.1) is 0 Å². The Kier molecular flexibility index (Phi) is 5.08. The summed E-state index contributed by atoms with van der Waals surface area (Å²) in [5, 5.41) is 12.0. The second kappa shape index (κ2) is 7.43. The van der Waals surface area contributed by atoms with E-state index < -0.39 is 5.91 Å². The van der Waals surface area contributed by atoms with E-state index in [9.17, 15) is 9.90 Å². The molecule has 1 atom stereocenters. The monoisotopic (exact) mass is 348 g/mol. The van der Waals surface area contributed by atoms with Gasteiger partial charge in [0.15, 0.2) is 23.8 Å². The van der Waals surface area contributed by atoms with Gasteiger partial charge in [-0.3, -0.25) is 4.79 Å². The van der Waals surface area contributed by atoms with Crippen LogP contribution in [0.1, 0.15) is 30.2 Å². The molecule has 1 aliphatic heterocycles. The first-order valence-electron chi connectivity index (χ1n) is 7.95. The first-order valence-corrected chi connectivity index (χ1v) is 7.95. The van der Waals surface area contributed by atoms with Gasteiger partial charge in [-0.25, -0.2) is 4.98 Å². The largest absolute Gasteiger partial charge is 0.484 e. The van der Waals surface area contributed by atoms with Crippen LogP contribution in [0.3, 0.4) is 0 Å². The number of ether oxygens (including phenoxy) is 3. The van der Waals surface area contributed by atoms with Crippen molar-refractivity contribution in [1.82, 2.24) is 10.3 Å². The van der Waals surface area contributed by atoms with Gasteiger partial charge < -0.3 is 29.1 Å². The molecular weight excluding hydrogens is 328 g/mol. The summed E-state index contributed by atoms with van der Waals surface area (Å²) in [4.78, 5) is 16.2. The third-order valence-corrected chi connectivity index (χ3v) is 3.81. The molecule has 0 aliphatic carbocycles. The zero-order valence-corrected chi connectivity index (χ0v) is 14.0. The van der Waals surface area contributed by atoms with Crippen molar-refractivity contribution in [1.29, 1.82) is 0 Å². The molecule has 0 saturated carbocycles. The van der Waals surface area contributed by atoms with Crippen molar-refractivity contribution in [3.63, 3.8) is 0 Å². The van der Waals surface area contributed by atoms with Gasteiger partial charge in [0.1, 0.15) is 12.0 Å².